The molecule has 0 amide bonds. The molecule has 19 heavy (non-hydrogen) atoms. The number of pyridine rings is 1. The minimum absolute atomic E-state index is 0.287. The van der Waals surface area contributed by atoms with Crippen LogP contribution in [-0.4, -0.2) is 29.0 Å². The average Bonchev–Trinajstić information content (AvgIpc) is 2.46. The number of carbonyl (C=O) groups excluding carboxylic acids is 1. The van der Waals surface area contributed by atoms with Crippen molar-refractivity contribution in [3.8, 4) is 0 Å². The second-order valence-electron chi connectivity index (χ2n) is 4.32. The third kappa shape index (κ3) is 2.05. The average molecular weight is 254 g/mol. The molecular formula is C15H14N2O2. The van der Waals surface area contributed by atoms with Gasteiger partial charge in [-0.3, -0.25) is 4.98 Å². The number of rotatable bonds is 2. The molecule has 1 aromatic rings. The van der Waals surface area contributed by atoms with Crippen molar-refractivity contribution >= 4 is 17.7 Å². The zero-order valence-electron chi connectivity index (χ0n) is 10.7. The molecular weight excluding hydrogens is 240 g/mol. The first-order valence-corrected chi connectivity index (χ1v) is 6.29. The summed E-state index contributed by atoms with van der Waals surface area (Å²) in [6, 6.07) is 3.98. The highest BCUT2D eigenvalue weighted by molar-refractivity contribution is 5.93. The molecule has 0 spiro atoms. The van der Waals surface area contributed by atoms with Gasteiger partial charge in [0.15, 0.2) is 0 Å². The fraction of sp³-hybridized carbons (Fsp3) is 0.200. The van der Waals surface area contributed by atoms with Crippen LogP contribution < -0.4 is 10.6 Å². The van der Waals surface area contributed by atoms with Crippen molar-refractivity contribution in [1.82, 2.24) is 9.88 Å². The Morgan fingerprint density at radius 3 is 3.21 bits per heavy atom. The van der Waals surface area contributed by atoms with Crippen LogP contribution in [-0.2, 0) is 9.53 Å². The van der Waals surface area contributed by atoms with Crippen molar-refractivity contribution in [3.05, 3.63) is 52.8 Å². The SMILES string of the molecule is CCOC(=O)C1=CN2CC=c3cccnc3=C2C=C1. The molecule has 0 saturated heterocycles. The smallest absolute Gasteiger partial charge is 0.339 e. The maximum Gasteiger partial charge on any atom is 0.339 e. The Kier molecular flexibility index (Phi) is 2.91. The lowest BCUT2D eigenvalue weighted by Crippen LogP contribution is -2.40. The van der Waals surface area contributed by atoms with Crippen LogP contribution in [0.5, 0.6) is 0 Å². The number of ether oxygens (including phenoxy) is 1. The summed E-state index contributed by atoms with van der Waals surface area (Å²) in [7, 11) is 0. The summed E-state index contributed by atoms with van der Waals surface area (Å²) in [4.78, 5) is 18.1. The van der Waals surface area contributed by atoms with E-state index < -0.39 is 0 Å². The minimum atomic E-state index is -0.287. The molecule has 2 aliphatic heterocycles. The van der Waals surface area contributed by atoms with E-state index >= 15 is 0 Å². The summed E-state index contributed by atoms with van der Waals surface area (Å²) in [5.74, 6) is -0.287. The van der Waals surface area contributed by atoms with Crippen LogP contribution in [0.3, 0.4) is 0 Å². The fourth-order valence-electron chi connectivity index (χ4n) is 2.24. The molecule has 4 heteroatoms. The van der Waals surface area contributed by atoms with Crippen LogP contribution in [0.15, 0.2) is 42.3 Å². The highest BCUT2D eigenvalue weighted by atomic mass is 16.5. The highest BCUT2D eigenvalue weighted by Crippen LogP contribution is 2.18. The zero-order chi connectivity index (χ0) is 13.2. The molecule has 0 bridgehead atoms. The first kappa shape index (κ1) is 11.7. The van der Waals surface area contributed by atoms with Crippen LogP contribution in [0.25, 0.3) is 11.8 Å². The van der Waals surface area contributed by atoms with E-state index in [1.165, 1.54) is 0 Å². The molecule has 96 valence electrons. The van der Waals surface area contributed by atoms with Crippen LogP contribution >= 0.6 is 0 Å². The lowest BCUT2D eigenvalue weighted by Gasteiger charge is -2.26. The van der Waals surface area contributed by atoms with Crippen LogP contribution in [0, 0.1) is 0 Å². The van der Waals surface area contributed by atoms with Gasteiger partial charge in [-0.15, -0.1) is 0 Å². The molecule has 0 unspecified atom stereocenters. The topological polar surface area (TPSA) is 42.4 Å². The molecule has 3 rings (SSSR count). The Balaban J connectivity index is 2.03. The predicted octanol–water partition coefficient (Wildman–Crippen LogP) is 0.303. The molecule has 3 heterocycles. The summed E-state index contributed by atoms with van der Waals surface area (Å²) in [5, 5.41) is 2.08. The second kappa shape index (κ2) is 4.72. The van der Waals surface area contributed by atoms with Gasteiger partial charge in [0.1, 0.15) is 0 Å². The number of aromatic nitrogens is 1. The van der Waals surface area contributed by atoms with Gasteiger partial charge in [0.05, 0.1) is 23.2 Å². The van der Waals surface area contributed by atoms with Crippen molar-refractivity contribution < 1.29 is 9.53 Å². The number of hydrogen-bond donors (Lipinski definition) is 0. The third-order valence-electron chi connectivity index (χ3n) is 3.13. The van der Waals surface area contributed by atoms with Crippen molar-refractivity contribution in [2.45, 2.75) is 6.92 Å². The first-order chi connectivity index (χ1) is 9.29. The molecule has 0 saturated carbocycles. The van der Waals surface area contributed by atoms with Gasteiger partial charge in [-0.25, -0.2) is 4.79 Å². The Hall–Kier alpha value is -2.36. The number of carbonyl (C=O) groups is 1. The molecule has 1 aromatic heterocycles. The number of esters is 1. The van der Waals surface area contributed by atoms with Gasteiger partial charge in [0.2, 0.25) is 0 Å². The quantitative estimate of drug-likeness (QED) is 0.712. The van der Waals surface area contributed by atoms with E-state index in [9.17, 15) is 4.79 Å². The lowest BCUT2D eigenvalue weighted by atomic mass is 10.1. The predicted molar refractivity (Wildman–Crippen MR) is 71.9 cm³/mol. The molecule has 2 aliphatic rings. The van der Waals surface area contributed by atoms with Crippen molar-refractivity contribution in [2.75, 3.05) is 13.2 Å². The molecule has 4 nitrogen and oxygen atoms in total. The maximum absolute atomic E-state index is 11.7. The van der Waals surface area contributed by atoms with E-state index in [2.05, 4.69) is 11.1 Å². The van der Waals surface area contributed by atoms with Gasteiger partial charge < -0.3 is 9.64 Å². The lowest BCUT2D eigenvalue weighted by molar-refractivity contribution is -0.138. The normalized spacial score (nSPS) is 16.2. The standard InChI is InChI=1S/C15H14N2O2/c1-2-19-15(18)12-5-6-13-14-11(4-3-8-16-14)7-9-17(13)10-12/h3-8,10H,2,9H2,1H3. The van der Waals surface area contributed by atoms with Gasteiger partial charge in [0, 0.05) is 24.2 Å². The maximum atomic E-state index is 11.7. The third-order valence-corrected chi connectivity index (χ3v) is 3.13. The number of fused-ring (bicyclic) bond motifs is 2. The van der Waals surface area contributed by atoms with Crippen LogP contribution in [0.2, 0.25) is 0 Å². The van der Waals surface area contributed by atoms with Crippen LogP contribution in [0.4, 0.5) is 0 Å². The number of nitrogens with zero attached hydrogens (tertiary/aromatic N) is 2. The summed E-state index contributed by atoms with van der Waals surface area (Å²) >= 11 is 0. The van der Waals surface area contributed by atoms with Crippen LogP contribution in [0.1, 0.15) is 6.92 Å². The monoisotopic (exact) mass is 254 g/mol. The Bertz CT molecular complexity index is 701. The van der Waals surface area contributed by atoms with Crippen molar-refractivity contribution in [3.63, 3.8) is 0 Å². The molecule has 0 aliphatic carbocycles. The Morgan fingerprint density at radius 2 is 2.37 bits per heavy atom. The van der Waals surface area contributed by atoms with Gasteiger partial charge in [-0.1, -0.05) is 12.1 Å². The van der Waals surface area contributed by atoms with E-state index in [4.69, 9.17) is 4.74 Å². The van der Waals surface area contributed by atoms with Gasteiger partial charge >= 0.3 is 5.97 Å². The second-order valence-corrected chi connectivity index (χ2v) is 4.32. The zero-order valence-corrected chi connectivity index (χ0v) is 10.7. The van der Waals surface area contributed by atoms with Crippen molar-refractivity contribution in [2.24, 2.45) is 0 Å². The Labute approximate surface area is 111 Å². The first-order valence-electron chi connectivity index (χ1n) is 6.29. The molecule has 0 aromatic carbocycles. The molecule has 0 fully saturated rings. The number of hydrogen-bond acceptors (Lipinski definition) is 4. The minimum Gasteiger partial charge on any atom is -0.462 e. The van der Waals surface area contributed by atoms with E-state index in [0.717, 1.165) is 22.8 Å². The van der Waals surface area contributed by atoms with E-state index in [-0.39, 0.29) is 5.97 Å². The van der Waals surface area contributed by atoms with Crippen molar-refractivity contribution in [1.29, 1.82) is 0 Å². The van der Waals surface area contributed by atoms with Gasteiger partial charge in [-0.2, -0.15) is 0 Å². The van der Waals surface area contributed by atoms with E-state index in [0.29, 0.717) is 12.2 Å². The highest BCUT2D eigenvalue weighted by Gasteiger charge is 2.18. The Morgan fingerprint density at radius 1 is 1.47 bits per heavy atom. The summed E-state index contributed by atoms with van der Waals surface area (Å²) in [6.07, 6.45) is 9.41. The molecule has 0 atom stereocenters. The summed E-state index contributed by atoms with van der Waals surface area (Å²) in [5.41, 5.74) is 1.59. The molecule has 0 radical (unpaired) electrons. The van der Waals surface area contributed by atoms with Gasteiger partial charge in [0.25, 0.3) is 0 Å². The van der Waals surface area contributed by atoms with Gasteiger partial charge in [-0.05, 0) is 25.1 Å². The van der Waals surface area contributed by atoms with E-state index in [1.54, 1.807) is 19.2 Å². The summed E-state index contributed by atoms with van der Waals surface area (Å²) < 4.78 is 5.01. The fourth-order valence-corrected chi connectivity index (χ4v) is 2.24. The largest absolute Gasteiger partial charge is 0.462 e. The summed E-state index contributed by atoms with van der Waals surface area (Å²) in [6.45, 7) is 2.93. The van der Waals surface area contributed by atoms with E-state index in [1.807, 2.05) is 29.3 Å². The molecule has 0 N–H and O–H groups in total.